The predicted molar refractivity (Wildman–Crippen MR) is 60.6 cm³/mol. The number of nitrogens with two attached hydrogens (primary N) is 1. The van der Waals surface area contributed by atoms with Crippen LogP contribution in [-0.4, -0.2) is 31.9 Å². The van der Waals surface area contributed by atoms with E-state index in [1.807, 2.05) is 0 Å². The van der Waals surface area contributed by atoms with Crippen LogP contribution in [0.1, 0.15) is 0 Å². The summed E-state index contributed by atoms with van der Waals surface area (Å²) in [6, 6.07) is 3.83. The first-order chi connectivity index (χ1) is 6.35. The molecule has 0 heterocycles. The Morgan fingerprint density at radius 3 is 2.27 bits per heavy atom. The molecule has 0 radical (unpaired) electrons. The van der Waals surface area contributed by atoms with E-state index in [9.17, 15) is 13.5 Å². The molecule has 7 heteroatoms. The van der Waals surface area contributed by atoms with Crippen molar-refractivity contribution < 1.29 is 13.5 Å². The molecule has 3 N–H and O–H groups in total. The summed E-state index contributed by atoms with van der Waals surface area (Å²) >= 11 is 0. The molecule has 5 nitrogen and oxygen atoms in total. The minimum atomic E-state index is -3.50. The van der Waals surface area contributed by atoms with Gasteiger partial charge in [-0.05, 0) is 12.1 Å². The first kappa shape index (κ1) is 14.0. The van der Waals surface area contributed by atoms with E-state index in [0.29, 0.717) is 0 Å². The van der Waals surface area contributed by atoms with Crippen LogP contribution in [0.2, 0.25) is 0 Å². The molecular formula is C8H13ClN2O3S. The van der Waals surface area contributed by atoms with Gasteiger partial charge in [-0.3, -0.25) is 0 Å². The van der Waals surface area contributed by atoms with E-state index in [2.05, 4.69) is 0 Å². The summed E-state index contributed by atoms with van der Waals surface area (Å²) in [6.07, 6.45) is 0. The van der Waals surface area contributed by atoms with E-state index in [-0.39, 0.29) is 28.7 Å². The second-order valence-electron chi connectivity index (χ2n) is 3.01. The van der Waals surface area contributed by atoms with Gasteiger partial charge in [0, 0.05) is 20.2 Å². The lowest BCUT2D eigenvalue weighted by atomic mass is 10.3. The highest BCUT2D eigenvalue weighted by Gasteiger charge is 2.17. The summed E-state index contributed by atoms with van der Waals surface area (Å²) in [4.78, 5) is 0.0224. The number of hydrogen-bond donors (Lipinski definition) is 2. The third-order valence-corrected chi connectivity index (χ3v) is 3.59. The summed E-state index contributed by atoms with van der Waals surface area (Å²) in [5.41, 5.74) is 5.50. The molecule has 86 valence electrons. The summed E-state index contributed by atoms with van der Waals surface area (Å²) < 4.78 is 24.2. The summed E-state index contributed by atoms with van der Waals surface area (Å²) in [7, 11) is -0.660. The minimum absolute atomic E-state index is 0. The van der Waals surface area contributed by atoms with Gasteiger partial charge in [0.15, 0.2) is 0 Å². The molecule has 0 spiro atoms. The van der Waals surface area contributed by atoms with Crippen molar-refractivity contribution in [3.63, 3.8) is 0 Å². The number of aromatic hydroxyl groups is 1. The normalized spacial score (nSPS) is 11.1. The Kier molecular flexibility index (Phi) is 4.39. The first-order valence-corrected chi connectivity index (χ1v) is 5.30. The summed E-state index contributed by atoms with van der Waals surface area (Å²) in [6.45, 7) is 0. The van der Waals surface area contributed by atoms with Crippen molar-refractivity contribution in [2.75, 3.05) is 19.8 Å². The van der Waals surface area contributed by atoms with Crippen molar-refractivity contribution in [1.82, 2.24) is 4.31 Å². The summed E-state index contributed by atoms with van der Waals surface area (Å²) in [5.74, 6) is -0.229. The number of benzene rings is 1. The van der Waals surface area contributed by atoms with Crippen LogP contribution >= 0.6 is 12.4 Å². The van der Waals surface area contributed by atoms with Crippen molar-refractivity contribution >= 4 is 28.1 Å². The Labute approximate surface area is 95.0 Å². The zero-order valence-electron chi connectivity index (χ0n) is 8.34. The second kappa shape index (κ2) is 4.69. The lowest BCUT2D eigenvalue weighted by Crippen LogP contribution is -2.22. The molecule has 0 saturated heterocycles. The third kappa shape index (κ3) is 2.74. The topological polar surface area (TPSA) is 83.6 Å². The SMILES string of the molecule is CN(C)S(=O)(=O)c1ccc(N)c(O)c1.Cl. The number of phenols is 1. The van der Waals surface area contributed by atoms with Crippen molar-refractivity contribution in [1.29, 1.82) is 0 Å². The number of rotatable bonds is 2. The highest BCUT2D eigenvalue weighted by atomic mass is 35.5. The number of anilines is 1. The number of hydrogen-bond acceptors (Lipinski definition) is 4. The van der Waals surface area contributed by atoms with E-state index >= 15 is 0 Å². The van der Waals surface area contributed by atoms with Crippen molar-refractivity contribution in [3.8, 4) is 5.75 Å². The first-order valence-electron chi connectivity index (χ1n) is 3.86. The zero-order valence-corrected chi connectivity index (χ0v) is 9.97. The number of phenolic OH excluding ortho intramolecular Hbond substituents is 1. The Bertz CT molecular complexity index is 445. The molecule has 0 atom stereocenters. The molecule has 1 aromatic rings. The Hall–Kier alpha value is -0.980. The van der Waals surface area contributed by atoms with Gasteiger partial charge < -0.3 is 10.8 Å². The van der Waals surface area contributed by atoms with Crippen molar-refractivity contribution in [2.45, 2.75) is 4.90 Å². The van der Waals surface area contributed by atoms with Crippen LogP contribution in [0.4, 0.5) is 5.69 Å². The molecule has 15 heavy (non-hydrogen) atoms. The van der Waals surface area contributed by atoms with Gasteiger partial charge in [-0.25, -0.2) is 12.7 Å². The van der Waals surface area contributed by atoms with Gasteiger partial charge in [0.2, 0.25) is 10.0 Å². The van der Waals surface area contributed by atoms with Gasteiger partial charge in [0.1, 0.15) is 5.75 Å². The lowest BCUT2D eigenvalue weighted by Gasteiger charge is -2.11. The fraction of sp³-hybridized carbons (Fsp3) is 0.250. The fourth-order valence-electron chi connectivity index (χ4n) is 0.895. The summed E-state index contributed by atoms with van der Waals surface area (Å²) in [5, 5.41) is 9.24. The average molecular weight is 253 g/mol. The van der Waals surface area contributed by atoms with E-state index in [1.165, 1.54) is 26.2 Å². The quantitative estimate of drug-likeness (QED) is 0.598. The Morgan fingerprint density at radius 2 is 1.87 bits per heavy atom. The molecule has 0 amide bonds. The van der Waals surface area contributed by atoms with Crippen LogP contribution in [0.3, 0.4) is 0 Å². The maximum Gasteiger partial charge on any atom is 0.242 e. The molecule has 1 rings (SSSR count). The third-order valence-electron chi connectivity index (χ3n) is 1.78. The van der Waals surface area contributed by atoms with Crippen LogP contribution in [0.15, 0.2) is 23.1 Å². The molecule has 0 aliphatic rings. The van der Waals surface area contributed by atoms with E-state index in [4.69, 9.17) is 5.73 Å². The standard InChI is InChI=1S/C8H12N2O3S.ClH/c1-10(2)14(12,13)6-3-4-7(9)8(11)5-6;/h3-5,11H,9H2,1-2H3;1H. The highest BCUT2D eigenvalue weighted by Crippen LogP contribution is 2.24. The maximum absolute atomic E-state index is 11.6. The van der Waals surface area contributed by atoms with Gasteiger partial charge in [0.05, 0.1) is 10.6 Å². The second-order valence-corrected chi connectivity index (χ2v) is 5.16. The van der Waals surface area contributed by atoms with Crippen molar-refractivity contribution in [3.05, 3.63) is 18.2 Å². The predicted octanol–water partition coefficient (Wildman–Crippen LogP) is 0.646. The van der Waals surface area contributed by atoms with Gasteiger partial charge in [0.25, 0.3) is 0 Å². The molecule has 0 fully saturated rings. The van der Waals surface area contributed by atoms with Crippen LogP contribution in [0.25, 0.3) is 0 Å². The largest absolute Gasteiger partial charge is 0.506 e. The van der Waals surface area contributed by atoms with Gasteiger partial charge in [-0.15, -0.1) is 12.4 Å². The van der Waals surface area contributed by atoms with Crippen LogP contribution in [0, 0.1) is 0 Å². The van der Waals surface area contributed by atoms with E-state index in [0.717, 1.165) is 10.4 Å². The molecule has 0 saturated carbocycles. The monoisotopic (exact) mass is 252 g/mol. The molecule has 0 unspecified atom stereocenters. The molecule has 0 aromatic heterocycles. The number of nitrogen functional groups attached to an aromatic ring is 1. The van der Waals surface area contributed by atoms with Crippen LogP contribution < -0.4 is 5.73 Å². The van der Waals surface area contributed by atoms with Crippen LogP contribution in [-0.2, 0) is 10.0 Å². The van der Waals surface area contributed by atoms with Crippen molar-refractivity contribution in [2.24, 2.45) is 0 Å². The molecule has 0 aliphatic carbocycles. The van der Waals surface area contributed by atoms with E-state index in [1.54, 1.807) is 0 Å². The maximum atomic E-state index is 11.6. The molecule has 0 bridgehead atoms. The Morgan fingerprint density at radius 1 is 1.33 bits per heavy atom. The number of sulfonamides is 1. The van der Waals surface area contributed by atoms with Gasteiger partial charge in [-0.1, -0.05) is 0 Å². The zero-order chi connectivity index (χ0) is 10.9. The Balaban J connectivity index is 0.00000196. The number of halogens is 1. The highest BCUT2D eigenvalue weighted by molar-refractivity contribution is 7.89. The van der Waals surface area contributed by atoms with E-state index < -0.39 is 10.0 Å². The molecular weight excluding hydrogens is 240 g/mol. The number of nitrogens with zero attached hydrogens (tertiary/aromatic N) is 1. The smallest absolute Gasteiger partial charge is 0.242 e. The fourth-order valence-corrected chi connectivity index (χ4v) is 1.82. The minimum Gasteiger partial charge on any atom is -0.506 e. The average Bonchev–Trinajstić information content (AvgIpc) is 2.09. The molecule has 1 aromatic carbocycles. The lowest BCUT2D eigenvalue weighted by molar-refractivity contribution is 0.474. The van der Waals surface area contributed by atoms with Gasteiger partial charge >= 0.3 is 0 Å². The van der Waals surface area contributed by atoms with Crippen LogP contribution in [0.5, 0.6) is 5.75 Å². The molecule has 0 aliphatic heterocycles. The van der Waals surface area contributed by atoms with Gasteiger partial charge in [-0.2, -0.15) is 0 Å².